The van der Waals surface area contributed by atoms with Gasteiger partial charge < -0.3 is 5.11 Å². The molecule has 1 N–H and O–H groups in total. The molecule has 0 aliphatic rings. The number of hydrogen-bond acceptors (Lipinski definition) is 7. The number of phenolic OH excluding ortho intramolecular Hbond substituents is 1. The summed E-state index contributed by atoms with van der Waals surface area (Å²) in [7, 11) is -3.53. The van der Waals surface area contributed by atoms with Crippen LogP contribution in [-0.4, -0.2) is 39.1 Å². The predicted octanol–water partition coefficient (Wildman–Crippen LogP) is 2.63. The number of sulfone groups is 1. The lowest BCUT2D eigenvalue weighted by molar-refractivity contribution is 0.475. The Morgan fingerprint density at radius 2 is 2.04 bits per heavy atom. The zero-order valence-corrected chi connectivity index (χ0v) is 14.6. The van der Waals surface area contributed by atoms with Gasteiger partial charge in [0, 0.05) is 29.6 Å². The summed E-state index contributed by atoms with van der Waals surface area (Å²) in [5, 5.41) is 11.4. The molecule has 0 aliphatic carbocycles. The molecule has 4 aromatic rings. The lowest BCUT2D eigenvalue weighted by atomic mass is 10.1. The summed E-state index contributed by atoms with van der Waals surface area (Å²) in [6.45, 7) is 0. The van der Waals surface area contributed by atoms with Gasteiger partial charge in [-0.25, -0.2) is 23.4 Å². The molecule has 9 heteroatoms. The van der Waals surface area contributed by atoms with E-state index >= 15 is 0 Å². The monoisotopic (exact) mass is 372 g/mol. The molecule has 0 radical (unpaired) electrons. The van der Waals surface area contributed by atoms with Crippen molar-refractivity contribution in [2.75, 3.05) is 6.26 Å². The average molecular weight is 372 g/mol. The van der Waals surface area contributed by atoms with Crippen LogP contribution in [0.4, 0.5) is 0 Å². The summed E-state index contributed by atoms with van der Waals surface area (Å²) in [5.74, 6) is 0.124. The predicted molar refractivity (Wildman–Crippen MR) is 94.3 cm³/mol. The minimum atomic E-state index is -3.53. The Hall–Kier alpha value is -2.78. The molecular formula is C16H12N4O3S2. The zero-order chi connectivity index (χ0) is 17.6. The van der Waals surface area contributed by atoms with Crippen molar-refractivity contribution in [2.24, 2.45) is 0 Å². The number of hydrogen-bond donors (Lipinski definition) is 1. The minimum Gasteiger partial charge on any atom is -0.508 e. The van der Waals surface area contributed by atoms with Crippen LogP contribution < -0.4 is 0 Å². The molecule has 0 saturated carbocycles. The van der Waals surface area contributed by atoms with Crippen molar-refractivity contribution >= 4 is 26.1 Å². The van der Waals surface area contributed by atoms with E-state index in [1.165, 1.54) is 17.5 Å². The normalized spacial score (nSPS) is 11.9. The Balaban J connectivity index is 2.01. The third-order valence-corrected chi connectivity index (χ3v) is 5.21. The van der Waals surface area contributed by atoms with Crippen LogP contribution in [0.5, 0.6) is 5.75 Å². The molecule has 126 valence electrons. The fraction of sp³-hybridized carbons (Fsp3) is 0.0625. The van der Waals surface area contributed by atoms with E-state index in [1.54, 1.807) is 24.3 Å². The van der Waals surface area contributed by atoms with Crippen LogP contribution in [0, 0.1) is 0 Å². The van der Waals surface area contributed by atoms with Crippen molar-refractivity contribution < 1.29 is 13.5 Å². The molecule has 25 heavy (non-hydrogen) atoms. The van der Waals surface area contributed by atoms with Crippen molar-refractivity contribution in [3.8, 4) is 28.4 Å². The third-order valence-electron chi connectivity index (χ3n) is 3.59. The largest absolute Gasteiger partial charge is 0.508 e. The number of imidazole rings is 1. The first kappa shape index (κ1) is 15.7. The van der Waals surface area contributed by atoms with Crippen LogP contribution in [0.1, 0.15) is 0 Å². The highest BCUT2D eigenvalue weighted by atomic mass is 32.2. The fourth-order valence-corrected chi connectivity index (χ4v) is 3.77. The van der Waals surface area contributed by atoms with E-state index in [9.17, 15) is 13.5 Å². The van der Waals surface area contributed by atoms with Gasteiger partial charge in [-0.15, -0.1) is 11.3 Å². The second-order valence-electron chi connectivity index (χ2n) is 5.41. The number of thiazole rings is 1. The second-order valence-corrected chi connectivity index (χ2v) is 8.19. The maximum Gasteiger partial charge on any atom is 0.247 e. The van der Waals surface area contributed by atoms with Crippen molar-refractivity contribution in [2.45, 2.75) is 5.16 Å². The van der Waals surface area contributed by atoms with Gasteiger partial charge in [-0.05, 0) is 18.2 Å². The van der Waals surface area contributed by atoms with Crippen LogP contribution >= 0.6 is 11.3 Å². The summed E-state index contributed by atoms with van der Waals surface area (Å²) >= 11 is 1.45. The maximum atomic E-state index is 11.8. The smallest absolute Gasteiger partial charge is 0.247 e. The molecule has 0 atom stereocenters. The summed E-state index contributed by atoms with van der Waals surface area (Å²) in [4.78, 5) is 13.4. The molecule has 4 rings (SSSR count). The SMILES string of the molecule is CS(=O)(=O)c1nccc(-c2c(-c3cccc(O)c3)nc3sccn23)n1. The number of nitrogens with zero attached hydrogens (tertiary/aromatic N) is 4. The molecule has 7 nitrogen and oxygen atoms in total. The molecule has 0 amide bonds. The van der Waals surface area contributed by atoms with Gasteiger partial charge in [-0.1, -0.05) is 12.1 Å². The van der Waals surface area contributed by atoms with Crippen molar-refractivity contribution in [3.05, 3.63) is 48.1 Å². The third kappa shape index (κ3) is 2.77. The molecule has 0 unspecified atom stereocenters. The fourth-order valence-electron chi connectivity index (χ4n) is 2.54. The molecule has 0 fully saturated rings. The molecule has 0 aliphatic heterocycles. The molecular weight excluding hydrogens is 360 g/mol. The highest BCUT2D eigenvalue weighted by Gasteiger charge is 2.20. The number of phenols is 1. The maximum absolute atomic E-state index is 11.8. The van der Waals surface area contributed by atoms with E-state index < -0.39 is 9.84 Å². The van der Waals surface area contributed by atoms with Crippen LogP contribution in [0.15, 0.2) is 53.3 Å². The molecule has 0 bridgehead atoms. The quantitative estimate of drug-likeness (QED) is 0.555. The topological polar surface area (TPSA) is 97.5 Å². The van der Waals surface area contributed by atoms with Gasteiger partial charge in [0.05, 0.1) is 11.4 Å². The van der Waals surface area contributed by atoms with Gasteiger partial charge in [-0.2, -0.15) is 0 Å². The summed E-state index contributed by atoms with van der Waals surface area (Å²) in [5.41, 5.74) is 2.42. The van der Waals surface area contributed by atoms with Gasteiger partial charge >= 0.3 is 0 Å². The van der Waals surface area contributed by atoms with E-state index in [0.29, 0.717) is 22.6 Å². The van der Waals surface area contributed by atoms with Crippen LogP contribution in [0.2, 0.25) is 0 Å². The lowest BCUT2D eigenvalue weighted by Crippen LogP contribution is -2.05. The van der Waals surface area contributed by atoms with Gasteiger partial charge in [0.15, 0.2) is 4.96 Å². The van der Waals surface area contributed by atoms with Crippen molar-refractivity contribution in [1.82, 2.24) is 19.4 Å². The van der Waals surface area contributed by atoms with Crippen LogP contribution in [0.3, 0.4) is 0 Å². The first-order valence-electron chi connectivity index (χ1n) is 7.22. The molecule has 0 saturated heterocycles. The number of aromatic nitrogens is 4. The summed E-state index contributed by atoms with van der Waals surface area (Å²) in [6, 6.07) is 8.38. The Morgan fingerprint density at radius 1 is 1.20 bits per heavy atom. The average Bonchev–Trinajstić information content (AvgIpc) is 3.14. The first-order chi connectivity index (χ1) is 11.9. The van der Waals surface area contributed by atoms with Gasteiger partial charge in [-0.3, -0.25) is 4.40 Å². The van der Waals surface area contributed by atoms with E-state index in [-0.39, 0.29) is 10.9 Å². The Kier molecular flexibility index (Phi) is 3.55. The summed E-state index contributed by atoms with van der Waals surface area (Å²) in [6.07, 6.45) is 4.33. The lowest BCUT2D eigenvalue weighted by Gasteiger charge is -2.06. The van der Waals surface area contributed by atoms with E-state index in [1.807, 2.05) is 22.0 Å². The number of rotatable bonds is 3. The number of benzene rings is 1. The Bertz CT molecular complexity index is 1200. The molecule has 3 heterocycles. The highest BCUT2D eigenvalue weighted by Crippen LogP contribution is 2.34. The second kappa shape index (κ2) is 5.64. The standard InChI is InChI=1S/C16H12N4O3S2/c1-25(22,23)15-17-6-5-12(18-15)14-13(10-3-2-4-11(21)9-10)19-16-20(14)7-8-24-16/h2-9,21H,1H3. The first-order valence-corrected chi connectivity index (χ1v) is 9.99. The Morgan fingerprint density at radius 3 is 2.80 bits per heavy atom. The zero-order valence-electron chi connectivity index (χ0n) is 13.0. The van der Waals surface area contributed by atoms with Gasteiger partial charge in [0.1, 0.15) is 11.4 Å². The van der Waals surface area contributed by atoms with Crippen LogP contribution in [-0.2, 0) is 9.84 Å². The summed E-state index contributed by atoms with van der Waals surface area (Å²) < 4.78 is 25.4. The highest BCUT2D eigenvalue weighted by molar-refractivity contribution is 7.90. The van der Waals surface area contributed by atoms with E-state index in [0.717, 1.165) is 11.2 Å². The van der Waals surface area contributed by atoms with Gasteiger partial charge in [0.2, 0.25) is 15.0 Å². The Labute approximate surface area is 147 Å². The van der Waals surface area contributed by atoms with Crippen molar-refractivity contribution in [3.63, 3.8) is 0 Å². The van der Waals surface area contributed by atoms with Crippen LogP contribution in [0.25, 0.3) is 27.6 Å². The number of fused-ring (bicyclic) bond motifs is 1. The van der Waals surface area contributed by atoms with Crippen molar-refractivity contribution in [1.29, 1.82) is 0 Å². The van der Waals surface area contributed by atoms with Gasteiger partial charge in [0.25, 0.3) is 0 Å². The molecule has 0 spiro atoms. The van der Waals surface area contributed by atoms with E-state index in [4.69, 9.17) is 0 Å². The molecule has 1 aromatic carbocycles. The minimum absolute atomic E-state index is 0.124. The number of aromatic hydroxyl groups is 1. The van der Waals surface area contributed by atoms with E-state index in [2.05, 4.69) is 15.0 Å². The molecule has 3 aromatic heterocycles.